The molecule has 3 heteroatoms. The Hall–Kier alpha value is -0.900. The molecule has 0 aliphatic carbocycles. The van der Waals surface area contributed by atoms with Gasteiger partial charge in [0, 0.05) is 39.3 Å². The molecule has 3 nitrogen and oxygen atoms in total. The highest BCUT2D eigenvalue weighted by Crippen LogP contribution is 2.08. The third kappa shape index (κ3) is 3.80. The van der Waals surface area contributed by atoms with Crippen LogP contribution in [-0.4, -0.2) is 42.7 Å². The largest absolute Gasteiger partial charge is 0.314 e. The van der Waals surface area contributed by atoms with Crippen LogP contribution in [0.15, 0.2) is 30.3 Å². The van der Waals surface area contributed by atoms with Crippen LogP contribution in [-0.2, 0) is 6.42 Å². The molecule has 93 valence electrons. The van der Waals surface area contributed by atoms with Crippen LogP contribution in [0.25, 0.3) is 0 Å². The number of benzene rings is 1. The van der Waals surface area contributed by atoms with E-state index in [1.165, 1.54) is 5.56 Å². The molecule has 0 spiro atoms. The maximum absolute atomic E-state index is 3.39. The van der Waals surface area contributed by atoms with Gasteiger partial charge in [-0.15, -0.1) is 0 Å². The van der Waals surface area contributed by atoms with E-state index in [0.717, 1.165) is 39.1 Å². The van der Waals surface area contributed by atoms with Gasteiger partial charge in [-0.25, -0.2) is 10.0 Å². The lowest BCUT2D eigenvalue weighted by Gasteiger charge is -2.36. The zero-order valence-electron chi connectivity index (χ0n) is 10.6. The number of hydrazine groups is 1. The van der Waals surface area contributed by atoms with E-state index in [9.17, 15) is 0 Å². The van der Waals surface area contributed by atoms with E-state index in [2.05, 4.69) is 59.1 Å². The molecule has 0 unspecified atom stereocenters. The van der Waals surface area contributed by atoms with Crippen LogP contribution in [0.2, 0.25) is 0 Å². The molecule has 0 amide bonds. The van der Waals surface area contributed by atoms with E-state index in [-0.39, 0.29) is 0 Å². The quantitative estimate of drug-likeness (QED) is 0.830. The number of nitrogens with zero attached hydrogens (tertiary/aromatic N) is 2. The fraction of sp³-hybridized carbons (Fsp3) is 0.500. The van der Waals surface area contributed by atoms with E-state index >= 15 is 0 Å². The monoisotopic (exact) mass is 232 g/mol. The van der Waals surface area contributed by atoms with Gasteiger partial charge in [0.1, 0.15) is 0 Å². The maximum atomic E-state index is 3.39. The molecule has 1 aromatic carbocycles. The Kier molecular flexibility index (Phi) is 4.98. The Bertz CT molecular complexity index is 307. The highest BCUT2D eigenvalue weighted by atomic mass is 15.6. The van der Waals surface area contributed by atoms with E-state index in [4.69, 9.17) is 0 Å². The molecule has 2 rings (SSSR count). The van der Waals surface area contributed by atoms with Gasteiger partial charge >= 0.3 is 0 Å². The van der Waals surface area contributed by atoms with Crippen molar-refractivity contribution in [1.29, 1.82) is 0 Å². The van der Waals surface area contributed by atoms with Crippen molar-refractivity contribution in [3.05, 3.63) is 42.4 Å². The first-order chi connectivity index (χ1) is 8.40. The van der Waals surface area contributed by atoms with Gasteiger partial charge in [0.05, 0.1) is 0 Å². The van der Waals surface area contributed by atoms with Crippen LogP contribution >= 0.6 is 0 Å². The molecular weight excluding hydrogens is 210 g/mol. The minimum absolute atomic E-state index is 1.01. The molecule has 1 fully saturated rings. The minimum atomic E-state index is 1.01. The number of rotatable bonds is 5. The summed E-state index contributed by atoms with van der Waals surface area (Å²) in [6, 6.07) is 10.6. The first-order valence-corrected chi connectivity index (χ1v) is 6.49. The standard InChI is InChI=1S/C14H22N3/c1-2-16(17-12-9-15-10-13-17)11-8-14-6-4-3-5-7-14/h3-7,11,15H,2,8-10,12-13H2,1H3. The highest BCUT2D eigenvalue weighted by molar-refractivity contribution is 5.16. The van der Waals surface area contributed by atoms with Crippen LogP contribution < -0.4 is 5.32 Å². The smallest absolute Gasteiger partial charge is 0.0459 e. The molecule has 0 bridgehead atoms. The van der Waals surface area contributed by atoms with Crippen LogP contribution in [0.3, 0.4) is 0 Å². The average Bonchev–Trinajstić information content (AvgIpc) is 2.42. The first kappa shape index (κ1) is 12.6. The van der Waals surface area contributed by atoms with E-state index in [1.54, 1.807) is 0 Å². The summed E-state index contributed by atoms with van der Waals surface area (Å²) in [5.74, 6) is 0. The number of likely N-dealkylation sites (N-methyl/N-ethyl adjacent to an activating group) is 1. The van der Waals surface area contributed by atoms with Gasteiger partial charge in [0.25, 0.3) is 0 Å². The molecule has 1 saturated heterocycles. The van der Waals surface area contributed by atoms with Crippen molar-refractivity contribution in [2.45, 2.75) is 13.3 Å². The van der Waals surface area contributed by atoms with Crippen molar-refractivity contribution in [3.63, 3.8) is 0 Å². The molecule has 1 aromatic rings. The third-order valence-corrected chi connectivity index (χ3v) is 3.16. The summed E-state index contributed by atoms with van der Waals surface area (Å²) < 4.78 is 0. The summed E-state index contributed by atoms with van der Waals surface area (Å²) in [5.41, 5.74) is 1.38. The van der Waals surface area contributed by atoms with Crippen molar-refractivity contribution in [1.82, 2.24) is 15.3 Å². The lowest BCUT2D eigenvalue weighted by Crippen LogP contribution is -2.51. The predicted octanol–water partition coefficient (Wildman–Crippen LogP) is 1.53. The van der Waals surface area contributed by atoms with Crippen LogP contribution in [0.4, 0.5) is 0 Å². The lowest BCUT2D eigenvalue weighted by atomic mass is 10.1. The Morgan fingerprint density at radius 1 is 1.24 bits per heavy atom. The summed E-state index contributed by atoms with van der Waals surface area (Å²) in [4.78, 5) is 0. The lowest BCUT2D eigenvalue weighted by molar-refractivity contribution is -0.00434. The molecular formula is C14H22N3. The fourth-order valence-electron chi connectivity index (χ4n) is 2.18. The fourth-order valence-corrected chi connectivity index (χ4v) is 2.18. The second-order valence-electron chi connectivity index (χ2n) is 4.33. The van der Waals surface area contributed by atoms with E-state index in [1.807, 2.05) is 0 Å². The molecule has 0 saturated carbocycles. The SMILES string of the molecule is CCN([CH]Cc1ccccc1)N1CCNCC1. The first-order valence-electron chi connectivity index (χ1n) is 6.49. The van der Waals surface area contributed by atoms with Crippen molar-refractivity contribution in [2.24, 2.45) is 0 Å². The summed E-state index contributed by atoms with van der Waals surface area (Å²) in [6.07, 6.45) is 1.01. The van der Waals surface area contributed by atoms with Crippen LogP contribution in [0.5, 0.6) is 0 Å². The van der Waals surface area contributed by atoms with Gasteiger partial charge in [-0.1, -0.05) is 37.3 Å². The second-order valence-corrected chi connectivity index (χ2v) is 4.33. The third-order valence-electron chi connectivity index (χ3n) is 3.16. The van der Waals surface area contributed by atoms with Gasteiger partial charge in [0.2, 0.25) is 0 Å². The molecule has 1 heterocycles. The summed E-state index contributed by atoms with van der Waals surface area (Å²) in [5, 5.41) is 8.17. The molecule has 0 atom stereocenters. The van der Waals surface area contributed by atoms with Gasteiger partial charge in [0.15, 0.2) is 0 Å². The van der Waals surface area contributed by atoms with Crippen LogP contribution in [0.1, 0.15) is 12.5 Å². The van der Waals surface area contributed by atoms with Gasteiger partial charge in [-0.3, -0.25) is 0 Å². The predicted molar refractivity (Wildman–Crippen MR) is 71.3 cm³/mol. The molecule has 17 heavy (non-hydrogen) atoms. The van der Waals surface area contributed by atoms with E-state index < -0.39 is 0 Å². The van der Waals surface area contributed by atoms with Gasteiger partial charge < -0.3 is 5.32 Å². The highest BCUT2D eigenvalue weighted by Gasteiger charge is 2.16. The van der Waals surface area contributed by atoms with Crippen molar-refractivity contribution < 1.29 is 0 Å². The second kappa shape index (κ2) is 6.74. The maximum Gasteiger partial charge on any atom is 0.0459 e. The molecule has 0 aromatic heterocycles. The van der Waals surface area contributed by atoms with Crippen molar-refractivity contribution in [2.75, 3.05) is 32.7 Å². The van der Waals surface area contributed by atoms with E-state index in [0.29, 0.717) is 0 Å². The normalized spacial score (nSPS) is 17.5. The Balaban J connectivity index is 1.82. The average molecular weight is 232 g/mol. The number of nitrogens with one attached hydrogen (secondary N) is 1. The van der Waals surface area contributed by atoms with Gasteiger partial charge in [-0.05, 0) is 12.0 Å². The van der Waals surface area contributed by atoms with Gasteiger partial charge in [-0.2, -0.15) is 0 Å². The zero-order chi connectivity index (χ0) is 11.9. The minimum Gasteiger partial charge on any atom is -0.314 e. The topological polar surface area (TPSA) is 18.5 Å². The van der Waals surface area contributed by atoms with Crippen molar-refractivity contribution in [3.8, 4) is 0 Å². The number of hydrogen-bond acceptors (Lipinski definition) is 3. The molecule has 1 radical (unpaired) electrons. The Morgan fingerprint density at radius 2 is 1.94 bits per heavy atom. The summed E-state index contributed by atoms with van der Waals surface area (Å²) in [7, 11) is 0. The Morgan fingerprint density at radius 3 is 2.59 bits per heavy atom. The zero-order valence-corrected chi connectivity index (χ0v) is 10.6. The summed E-state index contributed by atoms with van der Waals surface area (Å²) in [6.45, 7) is 9.97. The molecule has 1 aliphatic rings. The summed E-state index contributed by atoms with van der Waals surface area (Å²) >= 11 is 0. The molecule has 1 N–H and O–H groups in total. The number of hydrogen-bond donors (Lipinski definition) is 1. The molecule has 1 aliphatic heterocycles. The Labute approximate surface area is 104 Å². The number of piperazine rings is 1. The van der Waals surface area contributed by atoms with Crippen LogP contribution in [0, 0.1) is 6.54 Å². The van der Waals surface area contributed by atoms with Crippen molar-refractivity contribution >= 4 is 0 Å².